The fraction of sp³-hybridized carbons (Fsp3) is 0.812. The molecule has 0 radical (unpaired) electrons. The van der Waals surface area contributed by atoms with E-state index in [0.717, 1.165) is 13.0 Å². The topological polar surface area (TPSA) is 87.8 Å². The number of guanidine groups is 1. The molecular weight excluding hydrogens is 407 g/mol. The second-order valence-corrected chi connectivity index (χ2v) is 5.75. The number of imide groups is 1. The SMILES string of the molecule is CCCCCCCCN=C(N)NCCN1C(=O)CCCC1=O.I. The van der Waals surface area contributed by atoms with Gasteiger partial charge in [-0.2, -0.15) is 0 Å². The maximum absolute atomic E-state index is 11.6. The van der Waals surface area contributed by atoms with E-state index in [2.05, 4.69) is 17.2 Å². The molecule has 134 valence electrons. The molecule has 1 rings (SSSR count). The molecule has 1 fully saturated rings. The highest BCUT2D eigenvalue weighted by molar-refractivity contribution is 14.0. The number of hydrogen-bond donors (Lipinski definition) is 2. The largest absolute Gasteiger partial charge is 0.370 e. The molecule has 7 heteroatoms. The number of amides is 2. The number of carbonyl (C=O) groups is 2. The number of hydrogen-bond acceptors (Lipinski definition) is 3. The summed E-state index contributed by atoms with van der Waals surface area (Å²) in [7, 11) is 0. The summed E-state index contributed by atoms with van der Waals surface area (Å²) in [5.41, 5.74) is 5.77. The minimum absolute atomic E-state index is 0. The van der Waals surface area contributed by atoms with E-state index in [1.165, 1.54) is 37.0 Å². The van der Waals surface area contributed by atoms with Crippen LogP contribution in [0.5, 0.6) is 0 Å². The first-order chi connectivity index (χ1) is 10.6. The fourth-order valence-electron chi connectivity index (χ4n) is 2.49. The highest BCUT2D eigenvalue weighted by Crippen LogP contribution is 2.11. The average molecular weight is 438 g/mol. The molecule has 0 spiro atoms. The van der Waals surface area contributed by atoms with Crippen LogP contribution in [0.25, 0.3) is 0 Å². The van der Waals surface area contributed by atoms with Gasteiger partial charge in [-0.3, -0.25) is 19.5 Å². The van der Waals surface area contributed by atoms with Crippen LogP contribution < -0.4 is 11.1 Å². The number of nitrogens with zero attached hydrogens (tertiary/aromatic N) is 2. The summed E-state index contributed by atoms with van der Waals surface area (Å²) < 4.78 is 0. The van der Waals surface area contributed by atoms with Crippen LogP contribution in [0.1, 0.15) is 64.7 Å². The van der Waals surface area contributed by atoms with E-state index in [-0.39, 0.29) is 35.8 Å². The molecular formula is C16H31IN4O2. The lowest BCUT2D eigenvalue weighted by Crippen LogP contribution is -2.45. The van der Waals surface area contributed by atoms with E-state index in [1.807, 2.05) is 0 Å². The minimum atomic E-state index is -0.0827. The van der Waals surface area contributed by atoms with Gasteiger partial charge in [0.1, 0.15) is 0 Å². The Kier molecular flexibility index (Phi) is 13.1. The number of carbonyl (C=O) groups excluding carboxylic acids is 2. The number of halogens is 1. The van der Waals surface area contributed by atoms with E-state index < -0.39 is 0 Å². The Hall–Kier alpha value is -0.860. The summed E-state index contributed by atoms with van der Waals surface area (Å²) >= 11 is 0. The number of unbranched alkanes of at least 4 members (excludes halogenated alkanes) is 5. The quantitative estimate of drug-likeness (QED) is 0.180. The molecule has 0 aromatic carbocycles. The molecule has 6 nitrogen and oxygen atoms in total. The number of nitrogens with two attached hydrogens (primary N) is 1. The Morgan fingerprint density at radius 2 is 1.74 bits per heavy atom. The Bertz CT molecular complexity index is 372. The predicted octanol–water partition coefficient (Wildman–Crippen LogP) is 2.41. The zero-order valence-electron chi connectivity index (χ0n) is 14.2. The molecule has 1 heterocycles. The summed E-state index contributed by atoms with van der Waals surface area (Å²) in [6.45, 7) is 3.77. The molecule has 0 bridgehead atoms. The van der Waals surface area contributed by atoms with Crippen LogP contribution >= 0.6 is 24.0 Å². The Labute approximate surface area is 156 Å². The number of nitrogens with one attached hydrogen (secondary N) is 1. The van der Waals surface area contributed by atoms with Gasteiger partial charge >= 0.3 is 0 Å². The van der Waals surface area contributed by atoms with Crippen molar-refractivity contribution in [1.29, 1.82) is 0 Å². The van der Waals surface area contributed by atoms with Gasteiger partial charge in [-0.05, 0) is 12.8 Å². The van der Waals surface area contributed by atoms with Gasteiger partial charge in [0.25, 0.3) is 0 Å². The summed E-state index contributed by atoms with van der Waals surface area (Å²) in [5.74, 6) is 0.228. The zero-order valence-corrected chi connectivity index (χ0v) is 16.5. The van der Waals surface area contributed by atoms with E-state index in [4.69, 9.17) is 5.73 Å². The van der Waals surface area contributed by atoms with Gasteiger partial charge in [0.05, 0.1) is 0 Å². The van der Waals surface area contributed by atoms with Gasteiger partial charge in [-0.25, -0.2) is 0 Å². The van der Waals surface area contributed by atoms with Crippen molar-refractivity contribution in [3.8, 4) is 0 Å². The van der Waals surface area contributed by atoms with Crippen molar-refractivity contribution in [3.63, 3.8) is 0 Å². The van der Waals surface area contributed by atoms with Gasteiger partial charge < -0.3 is 11.1 Å². The predicted molar refractivity (Wildman–Crippen MR) is 104 cm³/mol. The fourth-order valence-corrected chi connectivity index (χ4v) is 2.49. The average Bonchev–Trinajstić information content (AvgIpc) is 2.49. The lowest BCUT2D eigenvalue weighted by Gasteiger charge is -2.24. The lowest BCUT2D eigenvalue weighted by molar-refractivity contribution is -0.147. The van der Waals surface area contributed by atoms with E-state index in [1.54, 1.807) is 0 Å². The minimum Gasteiger partial charge on any atom is -0.370 e. The lowest BCUT2D eigenvalue weighted by atomic mass is 10.1. The van der Waals surface area contributed by atoms with Crippen molar-refractivity contribution in [2.24, 2.45) is 10.7 Å². The van der Waals surface area contributed by atoms with Crippen molar-refractivity contribution < 1.29 is 9.59 Å². The number of likely N-dealkylation sites (tertiary alicyclic amines) is 1. The third kappa shape index (κ3) is 9.78. The first-order valence-corrected chi connectivity index (χ1v) is 8.52. The van der Waals surface area contributed by atoms with Crippen molar-refractivity contribution >= 4 is 41.8 Å². The summed E-state index contributed by atoms with van der Waals surface area (Å²) in [4.78, 5) is 28.8. The molecule has 0 atom stereocenters. The monoisotopic (exact) mass is 438 g/mol. The third-order valence-electron chi connectivity index (χ3n) is 3.82. The van der Waals surface area contributed by atoms with Crippen LogP contribution in [-0.2, 0) is 9.59 Å². The van der Waals surface area contributed by atoms with Crippen molar-refractivity contribution in [1.82, 2.24) is 10.2 Å². The number of piperidine rings is 1. The van der Waals surface area contributed by atoms with Crippen LogP contribution in [-0.4, -0.2) is 42.3 Å². The highest BCUT2D eigenvalue weighted by Gasteiger charge is 2.24. The van der Waals surface area contributed by atoms with Crippen molar-refractivity contribution in [3.05, 3.63) is 0 Å². The maximum Gasteiger partial charge on any atom is 0.229 e. The highest BCUT2D eigenvalue weighted by atomic mass is 127. The number of rotatable bonds is 10. The smallest absolute Gasteiger partial charge is 0.229 e. The Balaban J connectivity index is 0.00000484. The third-order valence-corrected chi connectivity index (χ3v) is 3.82. The molecule has 2 amide bonds. The summed E-state index contributed by atoms with van der Waals surface area (Å²) in [6, 6.07) is 0. The molecule has 0 aromatic heterocycles. The summed E-state index contributed by atoms with van der Waals surface area (Å²) in [6.07, 6.45) is 8.96. The molecule has 1 saturated heterocycles. The van der Waals surface area contributed by atoms with Crippen LogP contribution in [0, 0.1) is 0 Å². The molecule has 0 unspecified atom stereocenters. The molecule has 3 N–H and O–H groups in total. The molecule has 0 saturated carbocycles. The van der Waals surface area contributed by atoms with Crippen LogP contribution in [0.15, 0.2) is 4.99 Å². The molecule has 23 heavy (non-hydrogen) atoms. The Morgan fingerprint density at radius 3 is 2.39 bits per heavy atom. The second-order valence-electron chi connectivity index (χ2n) is 5.75. The standard InChI is InChI=1S/C16H30N4O2.HI/c1-2-3-4-5-6-7-11-18-16(17)19-12-13-20-14(21)9-8-10-15(20)22;/h2-13H2,1H3,(H3,17,18,19);1H. The molecule has 0 aliphatic carbocycles. The zero-order chi connectivity index (χ0) is 16.2. The molecule has 1 aliphatic rings. The van der Waals surface area contributed by atoms with Gasteiger partial charge in [0.15, 0.2) is 5.96 Å². The normalized spacial score (nSPS) is 15.5. The van der Waals surface area contributed by atoms with E-state index in [0.29, 0.717) is 38.3 Å². The Morgan fingerprint density at radius 1 is 1.13 bits per heavy atom. The van der Waals surface area contributed by atoms with Crippen LogP contribution in [0.4, 0.5) is 0 Å². The van der Waals surface area contributed by atoms with Gasteiger partial charge in [-0.15, -0.1) is 24.0 Å². The van der Waals surface area contributed by atoms with Crippen LogP contribution in [0.2, 0.25) is 0 Å². The number of aliphatic imine (C=N–C) groups is 1. The van der Waals surface area contributed by atoms with Crippen molar-refractivity contribution in [2.75, 3.05) is 19.6 Å². The van der Waals surface area contributed by atoms with Gasteiger partial charge in [0.2, 0.25) is 11.8 Å². The first-order valence-electron chi connectivity index (χ1n) is 8.52. The van der Waals surface area contributed by atoms with Crippen LogP contribution in [0.3, 0.4) is 0 Å². The van der Waals surface area contributed by atoms with E-state index >= 15 is 0 Å². The molecule has 0 aromatic rings. The van der Waals surface area contributed by atoms with Gasteiger partial charge in [0, 0.05) is 32.5 Å². The van der Waals surface area contributed by atoms with E-state index in [9.17, 15) is 9.59 Å². The maximum atomic E-state index is 11.6. The molecule has 1 aliphatic heterocycles. The summed E-state index contributed by atoms with van der Waals surface area (Å²) in [5, 5.41) is 2.96. The first kappa shape index (κ1) is 22.1. The van der Waals surface area contributed by atoms with Crippen molar-refractivity contribution in [2.45, 2.75) is 64.7 Å². The van der Waals surface area contributed by atoms with Gasteiger partial charge in [-0.1, -0.05) is 39.0 Å². The second kappa shape index (κ2) is 13.6.